The third kappa shape index (κ3) is 4.91. The van der Waals surface area contributed by atoms with Crippen molar-refractivity contribution in [1.82, 2.24) is 9.21 Å². The Morgan fingerprint density at radius 3 is 2.12 bits per heavy atom. The van der Waals surface area contributed by atoms with Crippen LogP contribution in [0.1, 0.15) is 26.3 Å². The summed E-state index contributed by atoms with van der Waals surface area (Å²) in [5.74, 6) is -1.02. The molecule has 33 heavy (non-hydrogen) atoms. The number of anilines is 2. The van der Waals surface area contributed by atoms with E-state index in [1.54, 1.807) is 32.9 Å². The Labute approximate surface area is 194 Å². The summed E-state index contributed by atoms with van der Waals surface area (Å²) < 4.78 is 26.5. The van der Waals surface area contributed by atoms with Crippen molar-refractivity contribution in [2.24, 2.45) is 0 Å². The highest BCUT2D eigenvalue weighted by molar-refractivity contribution is 7.89. The molecule has 10 heteroatoms. The van der Waals surface area contributed by atoms with Crippen LogP contribution in [0.4, 0.5) is 16.2 Å². The molecule has 0 aliphatic carbocycles. The summed E-state index contributed by atoms with van der Waals surface area (Å²) in [6.45, 7) is 7.33. The minimum absolute atomic E-state index is 0.122. The quantitative estimate of drug-likeness (QED) is 0.595. The van der Waals surface area contributed by atoms with Gasteiger partial charge in [0, 0.05) is 24.5 Å². The molecule has 1 atom stereocenters. The van der Waals surface area contributed by atoms with E-state index in [1.165, 1.54) is 33.5 Å². The lowest BCUT2D eigenvalue weighted by Gasteiger charge is -2.19. The number of aryl methyl sites for hydroxylation is 1. The van der Waals surface area contributed by atoms with Crippen LogP contribution in [0.15, 0.2) is 53.4 Å². The van der Waals surface area contributed by atoms with E-state index in [1.807, 2.05) is 19.1 Å². The molecule has 2 aromatic rings. The molecule has 0 aromatic heterocycles. The molecular formula is C23H28N4O5S. The maximum atomic E-state index is 12.9. The van der Waals surface area contributed by atoms with E-state index in [9.17, 15) is 22.8 Å². The fourth-order valence-corrected chi connectivity index (χ4v) is 5.14. The standard InChI is InChI=1S/C23H28N4O5S/c1-5-25(6-2)33(31,32)20-13-9-18(10-14-20)24-21(28)15-26-22(29)17(4)27(23(26)30)19-11-7-16(3)8-12-19/h7-14,17H,5-6,15H2,1-4H3,(H,24,28)/t17-/m0/s1. The first-order valence-corrected chi connectivity index (χ1v) is 12.2. The van der Waals surface area contributed by atoms with Crippen molar-refractivity contribution in [3.05, 3.63) is 54.1 Å². The van der Waals surface area contributed by atoms with Crippen molar-refractivity contribution in [3.63, 3.8) is 0 Å². The summed E-state index contributed by atoms with van der Waals surface area (Å²) in [4.78, 5) is 40.4. The molecule has 0 saturated carbocycles. The molecule has 9 nitrogen and oxygen atoms in total. The summed E-state index contributed by atoms with van der Waals surface area (Å²) in [5, 5.41) is 2.61. The van der Waals surface area contributed by atoms with Gasteiger partial charge in [-0.15, -0.1) is 0 Å². The molecule has 1 saturated heterocycles. The van der Waals surface area contributed by atoms with E-state index in [2.05, 4.69) is 5.32 Å². The number of carbonyl (C=O) groups excluding carboxylic acids is 3. The van der Waals surface area contributed by atoms with Crippen LogP contribution in [0.5, 0.6) is 0 Å². The summed E-state index contributed by atoms with van der Waals surface area (Å²) in [6, 6.07) is 11.7. The Balaban J connectivity index is 1.69. The summed E-state index contributed by atoms with van der Waals surface area (Å²) >= 11 is 0. The predicted molar refractivity (Wildman–Crippen MR) is 125 cm³/mol. The van der Waals surface area contributed by atoms with Crippen LogP contribution in [-0.2, 0) is 19.6 Å². The first-order valence-electron chi connectivity index (χ1n) is 10.7. The van der Waals surface area contributed by atoms with Crippen molar-refractivity contribution in [3.8, 4) is 0 Å². The number of nitrogens with zero attached hydrogens (tertiary/aromatic N) is 3. The lowest BCUT2D eigenvalue weighted by molar-refractivity contribution is -0.130. The predicted octanol–water partition coefficient (Wildman–Crippen LogP) is 2.82. The van der Waals surface area contributed by atoms with Crippen molar-refractivity contribution in [1.29, 1.82) is 0 Å². The summed E-state index contributed by atoms with van der Waals surface area (Å²) in [6.07, 6.45) is 0. The fourth-order valence-electron chi connectivity index (χ4n) is 3.68. The van der Waals surface area contributed by atoms with E-state index in [4.69, 9.17) is 0 Å². The van der Waals surface area contributed by atoms with Crippen LogP contribution in [0.25, 0.3) is 0 Å². The number of amides is 4. The number of rotatable bonds is 8. The van der Waals surface area contributed by atoms with Crippen LogP contribution in [0.2, 0.25) is 0 Å². The largest absolute Gasteiger partial charge is 0.332 e. The number of imide groups is 1. The zero-order chi connectivity index (χ0) is 24.3. The topological polar surface area (TPSA) is 107 Å². The van der Waals surface area contributed by atoms with E-state index in [0.717, 1.165) is 10.5 Å². The van der Waals surface area contributed by atoms with Crippen LogP contribution >= 0.6 is 0 Å². The van der Waals surface area contributed by atoms with Gasteiger partial charge in [0.15, 0.2) is 0 Å². The van der Waals surface area contributed by atoms with Crippen molar-refractivity contribution >= 4 is 39.2 Å². The van der Waals surface area contributed by atoms with Crippen molar-refractivity contribution in [2.75, 3.05) is 29.9 Å². The molecule has 0 bridgehead atoms. The van der Waals surface area contributed by atoms with E-state index >= 15 is 0 Å². The normalized spacial score (nSPS) is 16.6. The molecule has 0 radical (unpaired) electrons. The molecule has 1 fully saturated rings. The smallest absolute Gasteiger partial charge is 0.325 e. The lowest BCUT2D eigenvalue weighted by Crippen LogP contribution is -2.39. The highest BCUT2D eigenvalue weighted by Crippen LogP contribution is 2.26. The number of nitrogens with one attached hydrogen (secondary N) is 1. The number of hydrogen-bond acceptors (Lipinski definition) is 5. The molecule has 1 N–H and O–H groups in total. The second kappa shape index (κ2) is 9.72. The average molecular weight is 473 g/mol. The monoisotopic (exact) mass is 472 g/mol. The van der Waals surface area contributed by atoms with Gasteiger partial charge in [0.05, 0.1) is 4.90 Å². The third-order valence-corrected chi connectivity index (χ3v) is 7.61. The molecule has 2 aromatic carbocycles. The van der Waals surface area contributed by atoms with Gasteiger partial charge < -0.3 is 5.32 Å². The minimum Gasteiger partial charge on any atom is -0.325 e. The zero-order valence-corrected chi connectivity index (χ0v) is 19.9. The van der Waals surface area contributed by atoms with Gasteiger partial charge in [0.2, 0.25) is 15.9 Å². The Morgan fingerprint density at radius 1 is 1.00 bits per heavy atom. The lowest BCUT2D eigenvalue weighted by atomic mass is 10.2. The molecule has 1 heterocycles. The highest BCUT2D eigenvalue weighted by atomic mass is 32.2. The first-order chi connectivity index (χ1) is 15.6. The second-order valence-corrected chi connectivity index (χ2v) is 9.69. The van der Waals surface area contributed by atoms with Gasteiger partial charge in [-0.3, -0.25) is 19.4 Å². The van der Waals surface area contributed by atoms with E-state index in [-0.39, 0.29) is 4.90 Å². The SMILES string of the molecule is CCN(CC)S(=O)(=O)c1ccc(NC(=O)CN2C(=O)[C@H](C)N(c3ccc(C)cc3)C2=O)cc1. The van der Waals surface area contributed by atoms with Gasteiger partial charge in [-0.25, -0.2) is 13.2 Å². The van der Waals surface area contributed by atoms with Gasteiger partial charge >= 0.3 is 6.03 Å². The molecule has 1 aliphatic rings. The van der Waals surface area contributed by atoms with Crippen LogP contribution in [0.3, 0.4) is 0 Å². The number of sulfonamides is 1. The van der Waals surface area contributed by atoms with E-state index < -0.39 is 40.5 Å². The van der Waals surface area contributed by atoms with Crippen LogP contribution < -0.4 is 10.2 Å². The zero-order valence-electron chi connectivity index (χ0n) is 19.1. The Morgan fingerprint density at radius 2 is 1.58 bits per heavy atom. The van der Waals surface area contributed by atoms with Crippen LogP contribution in [0, 0.1) is 6.92 Å². The fraction of sp³-hybridized carbons (Fsp3) is 0.348. The molecule has 0 spiro atoms. The average Bonchev–Trinajstić information content (AvgIpc) is 2.98. The summed E-state index contributed by atoms with van der Waals surface area (Å²) in [5.41, 5.74) is 1.97. The third-order valence-electron chi connectivity index (χ3n) is 5.54. The number of hydrogen-bond donors (Lipinski definition) is 1. The van der Waals surface area contributed by atoms with Gasteiger partial charge in [0.25, 0.3) is 5.91 Å². The van der Waals surface area contributed by atoms with Crippen LogP contribution in [-0.4, -0.2) is 61.1 Å². The molecule has 0 unspecified atom stereocenters. The molecule has 3 rings (SSSR count). The van der Waals surface area contributed by atoms with E-state index in [0.29, 0.717) is 24.5 Å². The molecule has 1 aliphatic heterocycles. The van der Waals surface area contributed by atoms with Crippen molar-refractivity contribution < 1.29 is 22.8 Å². The second-order valence-electron chi connectivity index (χ2n) is 7.75. The molecule has 4 amide bonds. The van der Waals surface area contributed by atoms with Gasteiger partial charge in [-0.2, -0.15) is 4.31 Å². The maximum Gasteiger partial charge on any atom is 0.332 e. The number of urea groups is 1. The highest BCUT2D eigenvalue weighted by Gasteiger charge is 2.44. The molecular weight excluding hydrogens is 444 g/mol. The Kier molecular flexibility index (Phi) is 7.19. The minimum atomic E-state index is -3.60. The van der Waals surface area contributed by atoms with Gasteiger partial charge in [-0.1, -0.05) is 31.5 Å². The van der Waals surface area contributed by atoms with Crippen molar-refractivity contribution in [2.45, 2.75) is 38.6 Å². The Bertz CT molecular complexity index is 1140. The first kappa shape index (κ1) is 24.4. The molecule has 176 valence electrons. The summed E-state index contributed by atoms with van der Waals surface area (Å²) in [7, 11) is -3.60. The number of benzene rings is 2. The van der Waals surface area contributed by atoms with Gasteiger partial charge in [-0.05, 0) is 50.2 Å². The number of carbonyl (C=O) groups is 3. The Hall–Kier alpha value is -3.24. The maximum absolute atomic E-state index is 12.9. The van der Waals surface area contributed by atoms with Gasteiger partial charge in [0.1, 0.15) is 12.6 Å².